The van der Waals surface area contributed by atoms with Crippen LogP contribution < -0.4 is 16.0 Å². The lowest BCUT2D eigenvalue weighted by Gasteiger charge is -2.16. The smallest absolute Gasteiger partial charge is 0.312 e. The first-order valence-electron chi connectivity index (χ1n) is 5.18. The van der Waals surface area contributed by atoms with Crippen molar-refractivity contribution in [2.75, 3.05) is 11.4 Å². The summed E-state index contributed by atoms with van der Waals surface area (Å²) in [5, 5.41) is 2.47. The molecule has 1 atom stereocenters. The maximum absolute atomic E-state index is 13.0. The summed E-state index contributed by atoms with van der Waals surface area (Å²) in [7, 11) is 0. The van der Waals surface area contributed by atoms with E-state index in [0.717, 1.165) is 0 Å². The molecule has 0 aliphatic carbocycles. The van der Waals surface area contributed by atoms with Gasteiger partial charge in [-0.1, -0.05) is 6.07 Å². The van der Waals surface area contributed by atoms with Gasteiger partial charge in [-0.25, -0.2) is 9.18 Å². The van der Waals surface area contributed by atoms with Crippen LogP contribution in [0.4, 0.5) is 14.9 Å². The van der Waals surface area contributed by atoms with Gasteiger partial charge in [0.2, 0.25) is 5.91 Å². The molecule has 17 heavy (non-hydrogen) atoms. The predicted molar refractivity (Wildman–Crippen MR) is 59.9 cm³/mol. The molecule has 1 aliphatic heterocycles. The number of carbonyl (C=O) groups excluding carboxylic acids is 2. The Morgan fingerprint density at radius 1 is 1.53 bits per heavy atom. The number of nitrogens with one attached hydrogen (secondary N) is 1. The van der Waals surface area contributed by atoms with E-state index in [0.29, 0.717) is 12.2 Å². The van der Waals surface area contributed by atoms with E-state index in [4.69, 9.17) is 5.73 Å². The maximum atomic E-state index is 13.0. The van der Waals surface area contributed by atoms with Gasteiger partial charge in [-0.2, -0.15) is 0 Å². The molecule has 1 fully saturated rings. The fourth-order valence-corrected chi connectivity index (χ4v) is 1.90. The second-order valence-electron chi connectivity index (χ2n) is 3.89. The molecule has 1 heterocycles. The number of halogens is 1. The molecule has 0 bridgehead atoms. The van der Waals surface area contributed by atoms with Crippen LogP contribution in [-0.2, 0) is 4.79 Å². The number of urea groups is 1. The number of rotatable bonds is 2. The molecule has 0 radical (unpaired) electrons. The van der Waals surface area contributed by atoms with Crippen LogP contribution in [0.15, 0.2) is 24.3 Å². The minimum atomic E-state index is -0.663. The molecule has 0 spiro atoms. The molecule has 0 aromatic heterocycles. The Hall–Kier alpha value is -2.11. The third kappa shape index (κ3) is 2.52. The van der Waals surface area contributed by atoms with E-state index >= 15 is 0 Å². The van der Waals surface area contributed by atoms with Crippen LogP contribution in [0.1, 0.15) is 6.42 Å². The van der Waals surface area contributed by atoms with Crippen LogP contribution >= 0.6 is 0 Å². The van der Waals surface area contributed by atoms with Crippen molar-refractivity contribution in [2.24, 2.45) is 5.73 Å². The molecule has 3 N–H and O–H groups in total. The minimum absolute atomic E-state index is 0.158. The van der Waals surface area contributed by atoms with Gasteiger partial charge in [-0.15, -0.1) is 0 Å². The number of benzene rings is 1. The Labute approximate surface area is 97.4 Å². The molecule has 1 aromatic carbocycles. The Morgan fingerprint density at radius 2 is 2.29 bits per heavy atom. The van der Waals surface area contributed by atoms with E-state index in [1.165, 1.54) is 23.1 Å². The largest absolute Gasteiger partial charge is 0.352 e. The lowest BCUT2D eigenvalue weighted by molar-refractivity contribution is -0.117. The summed E-state index contributed by atoms with van der Waals surface area (Å²) in [4.78, 5) is 23.8. The van der Waals surface area contributed by atoms with Crippen molar-refractivity contribution >= 4 is 17.6 Å². The summed E-state index contributed by atoms with van der Waals surface area (Å²) >= 11 is 0. The summed E-state index contributed by atoms with van der Waals surface area (Å²) in [6, 6.07) is 4.79. The first-order valence-corrected chi connectivity index (χ1v) is 5.18. The van der Waals surface area contributed by atoms with Crippen molar-refractivity contribution < 1.29 is 14.0 Å². The van der Waals surface area contributed by atoms with Crippen LogP contribution in [-0.4, -0.2) is 24.5 Å². The number of hydrogen-bond donors (Lipinski definition) is 2. The number of carbonyl (C=O) groups is 2. The van der Waals surface area contributed by atoms with Gasteiger partial charge in [0.25, 0.3) is 0 Å². The molecule has 6 heteroatoms. The Balaban J connectivity index is 2.13. The van der Waals surface area contributed by atoms with Crippen LogP contribution in [0.25, 0.3) is 0 Å². The second kappa shape index (κ2) is 4.40. The van der Waals surface area contributed by atoms with Crippen LogP contribution in [0.5, 0.6) is 0 Å². The zero-order valence-corrected chi connectivity index (χ0v) is 9.02. The average Bonchev–Trinajstić information content (AvgIpc) is 2.58. The highest BCUT2D eigenvalue weighted by Crippen LogP contribution is 2.22. The molecular weight excluding hydrogens is 225 g/mol. The van der Waals surface area contributed by atoms with Crippen LogP contribution in [0, 0.1) is 5.82 Å². The summed E-state index contributed by atoms with van der Waals surface area (Å²) in [6.07, 6.45) is 0.180. The number of amides is 3. The number of nitrogens with two attached hydrogens (primary N) is 1. The van der Waals surface area contributed by atoms with Gasteiger partial charge in [0.15, 0.2) is 0 Å². The van der Waals surface area contributed by atoms with E-state index in [2.05, 4.69) is 5.32 Å². The molecule has 1 saturated heterocycles. The molecule has 2 rings (SSSR count). The van der Waals surface area contributed by atoms with Crippen molar-refractivity contribution in [3.63, 3.8) is 0 Å². The maximum Gasteiger partial charge on any atom is 0.312 e. The first-order chi connectivity index (χ1) is 8.06. The highest BCUT2D eigenvalue weighted by atomic mass is 19.1. The third-order valence-corrected chi connectivity index (χ3v) is 2.59. The molecule has 90 valence electrons. The van der Waals surface area contributed by atoms with Crippen molar-refractivity contribution in [1.82, 2.24) is 5.32 Å². The third-order valence-electron chi connectivity index (χ3n) is 2.59. The SMILES string of the molecule is NC(=O)N[C@@H]1CC(=O)N(c2cccc(F)c2)C1. The normalized spacial score (nSPS) is 19.5. The quantitative estimate of drug-likeness (QED) is 0.790. The highest BCUT2D eigenvalue weighted by Gasteiger charge is 2.31. The van der Waals surface area contributed by atoms with Crippen molar-refractivity contribution in [1.29, 1.82) is 0 Å². The fraction of sp³-hybridized carbons (Fsp3) is 0.273. The van der Waals surface area contributed by atoms with Gasteiger partial charge in [0.1, 0.15) is 5.82 Å². The summed E-state index contributed by atoms with van der Waals surface area (Å²) < 4.78 is 13.0. The molecule has 1 aliphatic rings. The summed E-state index contributed by atoms with van der Waals surface area (Å²) in [5.41, 5.74) is 5.48. The number of hydrogen-bond acceptors (Lipinski definition) is 2. The van der Waals surface area contributed by atoms with Gasteiger partial charge in [0, 0.05) is 18.7 Å². The molecule has 1 aromatic rings. The zero-order chi connectivity index (χ0) is 12.4. The van der Waals surface area contributed by atoms with E-state index in [9.17, 15) is 14.0 Å². The van der Waals surface area contributed by atoms with E-state index < -0.39 is 11.8 Å². The van der Waals surface area contributed by atoms with Gasteiger partial charge >= 0.3 is 6.03 Å². The molecule has 3 amide bonds. The summed E-state index contributed by atoms with van der Waals surface area (Å²) in [6.45, 7) is 0.311. The van der Waals surface area contributed by atoms with Gasteiger partial charge < -0.3 is 16.0 Å². The summed E-state index contributed by atoms with van der Waals surface area (Å²) in [5.74, 6) is -0.559. The fourth-order valence-electron chi connectivity index (χ4n) is 1.90. The molecule has 0 saturated carbocycles. The first kappa shape index (κ1) is 11.4. The van der Waals surface area contributed by atoms with Crippen LogP contribution in [0.3, 0.4) is 0 Å². The number of anilines is 1. The molecule has 0 unspecified atom stereocenters. The topological polar surface area (TPSA) is 75.4 Å². The van der Waals surface area contributed by atoms with Gasteiger partial charge in [-0.3, -0.25) is 4.79 Å². The Bertz CT molecular complexity index is 464. The number of nitrogens with zero attached hydrogens (tertiary/aromatic N) is 1. The standard InChI is InChI=1S/C11H12FN3O2/c12-7-2-1-3-9(4-7)15-6-8(5-10(15)16)14-11(13)17/h1-4,8H,5-6H2,(H3,13,14,17)/t8-/m1/s1. The predicted octanol–water partition coefficient (Wildman–Crippen LogP) is 0.599. The average molecular weight is 237 g/mol. The van der Waals surface area contributed by atoms with E-state index in [1.54, 1.807) is 6.07 Å². The molecular formula is C11H12FN3O2. The minimum Gasteiger partial charge on any atom is -0.352 e. The zero-order valence-electron chi connectivity index (χ0n) is 9.02. The van der Waals surface area contributed by atoms with Gasteiger partial charge in [0.05, 0.1) is 6.04 Å². The van der Waals surface area contributed by atoms with Crippen molar-refractivity contribution in [3.8, 4) is 0 Å². The number of primary amides is 1. The van der Waals surface area contributed by atoms with E-state index in [-0.39, 0.29) is 18.4 Å². The monoisotopic (exact) mass is 237 g/mol. The Morgan fingerprint density at radius 3 is 2.94 bits per heavy atom. The van der Waals surface area contributed by atoms with Crippen LogP contribution in [0.2, 0.25) is 0 Å². The van der Waals surface area contributed by atoms with Gasteiger partial charge in [-0.05, 0) is 18.2 Å². The second-order valence-corrected chi connectivity index (χ2v) is 3.89. The molecule has 5 nitrogen and oxygen atoms in total. The van der Waals surface area contributed by atoms with E-state index in [1.807, 2.05) is 0 Å². The van der Waals surface area contributed by atoms with Crippen molar-refractivity contribution in [2.45, 2.75) is 12.5 Å². The lowest BCUT2D eigenvalue weighted by Crippen LogP contribution is -2.40. The van der Waals surface area contributed by atoms with Crippen molar-refractivity contribution in [3.05, 3.63) is 30.1 Å². The highest BCUT2D eigenvalue weighted by molar-refractivity contribution is 5.96. The lowest BCUT2D eigenvalue weighted by atomic mass is 10.2. The Kier molecular flexibility index (Phi) is 2.95.